The van der Waals surface area contributed by atoms with Crippen molar-refractivity contribution >= 4 is 45.2 Å². The van der Waals surface area contributed by atoms with E-state index in [1.807, 2.05) is 16.2 Å². The minimum atomic E-state index is -0.631. The molecule has 130 valence electrons. The Morgan fingerprint density at radius 2 is 2.00 bits per heavy atom. The smallest absolute Gasteiger partial charge is 0.129 e. The first-order chi connectivity index (χ1) is 11.4. The van der Waals surface area contributed by atoms with Crippen molar-refractivity contribution < 1.29 is 10.2 Å². The largest absolute Gasteiger partial charge is 0.507 e. The number of phenolic OH excluding ortho intramolecular Hbond substituents is 1. The predicted molar refractivity (Wildman–Crippen MR) is 114 cm³/mol. The van der Waals surface area contributed by atoms with Gasteiger partial charge in [0.1, 0.15) is 5.75 Å². The summed E-state index contributed by atoms with van der Waals surface area (Å²) >= 11 is 4.54. The highest BCUT2D eigenvalue weighted by atomic mass is 127. The topological polar surface area (TPSA) is 40.5 Å². The number of halogens is 2. The number of hydrogen-bond acceptors (Lipinski definition) is 2. The molecule has 1 aromatic carbocycles. The molecular formula is C20H24I2O2. The van der Waals surface area contributed by atoms with Gasteiger partial charge in [-0.2, -0.15) is 0 Å². The normalized spacial score (nSPS) is 41.1. The zero-order valence-electron chi connectivity index (χ0n) is 13.9. The monoisotopic (exact) mass is 550 g/mol. The average Bonchev–Trinajstić information content (AvgIpc) is 2.82. The van der Waals surface area contributed by atoms with Crippen molar-refractivity contribution in [2.24, 2.45) is 17.3 Å². The van der Waals surface area contributed by atoms with E-state index in [2.05, 4.69) is 58.2 Å². The Bertz CT molecular complexity index is 701. The Hall–Kier alpha value is 0.180. The van der Waals surface area contributed by atoms with E-state index in [1.165, 1.54) is 17.5 Å². The van der Waals surface area contributed by atoms with Gasteiger partial charge in [-0.15, -0.1) is 0 Å². The van der Waals surface area contributed by atoms with Crippen LogP contribution in [0.15, 0.2) is 22.3 Å². The Kier molecular flexibility index (Phi) is 4.48. The van der Waals surface area contributed by atoms with Crippen molar-refractivity contribution in [1.29, 1.82) is 0 Å². The van der Waals surface area contributed by atoms with E-state index >= 15 is 0 Å². The molecule has 1 aromatic rings. The molecule has 2 fully saturated rings. The van der Waals surface area contributed by atoms with Crippen LogP contribution in [-0.2, 0) is 6.42 Å². The molecule has 3 aliphatic rings. The molecule has 2 nitrogen and oxygen atoms in total. The predicted octanol–water partition coefficient (Wildman–Crippen LogP) is 5.53. The summed E-state index contributed by atoms with van der Waals surface area (Å²) in [6.07, 6.45) is 8.59. The van der Waals surface area contributed by atoms with Gasteiger partial charge in [0.15, 0.2) is 0 Å². The Morgan fingerprint density at radius 3 is 2.75 bits per heavy atom. The summed E-state index contributed by atoms with van der Waals surface area (Å²) in [4.78, 5) is 0. The van der Waals surface area contributed by atoms with Crippen LogP contribution in [0.25, 0.3) is 0 Å². The van der Waals surface area contributed by atoms with Crippen molar-refractivity contribution in [3.63, 3.8) is 0 Å². The Morgan fingerprint density at radius 1 is 1.21 bits per heavy atom. The molecule has 0 unspecified atom stereocenters. The van der Waals surface area contributed by atoms with Crippen LogP contribution in [0.1, 0.15) is 56.1 Å². The van der Waals surface area contributed by atoms with Crippen molar-refractivity contribution in [1.82, 2.24) is 0 Å². The van der Waals surface area contributed by atoms with Crippen LogP contribution >= 0.6 is 45.2 Å². The lowest BCUT2D eigenvalue weighted by atomic mass is 9.53. The molecule has 24 heavy (non-hydrogen) atoms. The van der Waals surface area contributed by atoms with E-state index in [0.29, 0.717) is 23.5 Å². The zero-order chi connectivity index (χ0) is 17.1. The van der Waals surface area contributed by atoms with Crippen LogP contribution in [0.2, 0.25) is 0 Å². The molecule has 2 saturated carbocycles. The summed E-state index contributed by atoms with van der Waals surface area (Å²) in [6.45, 7) is 2.33. The first-order valence-corrected chi connectivity index (χ1v) is 11.2. The van der Waals surface area contributed by atoms with E-state index in [0.717, 1.165) is 35.7 Å². The maximum atomic E-state index is 11.3. The van der Waals surface area contributed by atoms with Gasteiger partial charge < -0.3 is 10.2 Å². The third-order valence-electron chi connectivity index (χ3n) is 7.38. The molecule has 4 heteroatoms. The highest BCUT2D eigenvalue weighted by Gasteiger charge is 2.60. The van der Waals surface area contributed by atoms with Crippen LogP contribution in [0.4, 0.5) is 0 Å². The second kappa shape index (κ2) is 6.12. The second-order valence-corrected chi connectivity index (χ2v) is 9.89. The summed E-state index contributed by atoms with van der Waals surface area (Å²) in [6, 6.07) is 4.04. The number of aliphatic hydroxyl groups is 1. The van der Waals surface area contributed by atoms with E-state index < -0.39 is 5.60 Å². The summed E-state index contributed by atoms with van der Waals surface area (Å²) < 4.78 is 3.05. The fourth-order valence-electron chi connectivity index (χ4n) is 6.04. The third-order valence-corrected chi connectivity index (χ3v) is 8.94. The maximum absolute atomic E-state index is 11.3. The van der Waals surface area contributed by atoms with Gasteiger partial charge in [0.05, 0.1) is 9.17 Å². The molecular weight excluding hydrogens is 526 g/mol. The number of benzene rings is 1. The molecule has 0 aromatic heterocycles. The number of hydrogen-bond donors (Lipinski definition) is 2. The molecule has 4 rings (SSSR count). The SMILES string of the molecule is C[C@]12CC[C@@H]3c4ccc(O)c(I)c4CC[C@H]3[C@@H]1CC[C@]2(O)/C=C\I. The van der Waals surface area contributed by atoms with Crippen LogP contribution in [-0.4, -0.2) is 15.8 Å². The number of phenols is 1. The highest BCUT2D eigenvalue weighted by Crippen LogP contribution is 2.64. The molecule has 0 bridgehead atoms. The minimum absolute atomic E-state index is 0.0113. The van der Waals surface area contributed by atoms with Crippen LogP contribution in [0, 0.1) is 20.8 Å². The van der Waals surface area contributed by atoms with Gasteiger partial charge >= 0.3 is 0 Å². The van der Waals surface area contributed by atoms with Gasteiger partial charge in [-0.3, -0.25) is 0 Å². The molecule has 0 saturated heterocycles. The molecule has 0 amide bonds. The maximum Gasteiger partial charge on any atom is 0.129 e. The van der Waals surface area contributed by atoms with E-state index in [1.54, 1.807) is 0 Å². The molecule has 2 N–H and O–H groups in total. The van der Waals surface area contributed by atoms with E-state index in [9.17, 15) is 10.2 Å². The first-order valence-electron chi connectivity index (χ1n) is 8.92. The van der Waals surface area contributed by atoms with Gasteiger partial charge in [0.25, 0.3) is 0 Å². The summed E-state index contributed by atoms with van der Waals surface area (Å²) in [5.74, 6) is 2.31. The lowest BCUT2D eigenvalue weighted by molar-refractivity contribution is -0.0708. The summed E-state index contributed by atoms with van der Waals surface area (Å²) in [5.41, 5.74) is 2.22. The second-order valence-electron chi connectivity index (χ2n) is 8.09. The number of fused-ring (bicyclic) bond motifs is 5. The molecule has 0 heterocycles. The number of rotatable bonds is 1. The Labute approximate surface area is 171 Å². The van der Waals surface area contributed by atoms with E-state index in [-0.39, 0.29) is 5.41 Å². The summed E-state index contributed by atoms with van der Waals surface area (Å²) in [7, 11) is 0. The van der Waals surface area contributed by atoms with Gasteiger partial charge in [0.2, 0.25) is 0 Å². The standard InChI is InChI=1S/C20H24I2O2/c1-19-8-6-13-12-4-5-17(23)18(22)15(12)3-2-14(13)16(19)7-9-20(19,24)10-11-21/h4-5,10-11,13-14,16,23-24H,2-3,6-9H2,1H3/b11-10-/t13-,14-,16+,19+,20+/m1/s1. The average molecular weight is 550 g/mol. The fraction of sp³-hybridized carbons (Fsp3) is 0.600. The Balaban J connectivity index is 1.72. The van der Waals surface area contributed by atoms with Gasteiger partial charge in [-0.25, -0.2) is 0 Å². The van der Waals surface area contributed by atoms with Crippen LogP contribution in [0.5, 0.6) is 5.75 Å². The lowest BCUT2D eigenvalue weighted by Gasteiger charge is -2.52. The number of aromatic hydroxyl groups is 1. The van der Waals surface area contributed by atoms with Crippen LogP contribution < -0.4 is 0 Å². The zero-order valence-corrected chi connectivity index (χ0v) is 18.2. The molecule has 0 radical (unpaired) electrons. The van der Waals surface area contributed by atoms with Gasteiger partial charge in [-0.1, -0.05) is 35.6 Å². The van der Waals surface area contributed by atoms with Gasteiger partial charge in [-0.05, 0) is 106 Å². The van der Waals surface area contributed by atoms with Crippen molar-refractivity contribution in [3.8, 4) is 5.75 Å². The molecule has 0 aliphatic heterocycles. The van der Waals surface area contributed by atoms with Crippen molar-refractivity contribution in [2.75, 3.05) is 0 Å². The molecule has 5 atom stereocenters. The van der Waals surface area contributed by atoms with Crippen molar-refractivity contribution in [2.45, 2.75) is 57.0 Å². The first kappa shape index (κ1) is 17.6. The molecule has 0 spiro atoms. The van der Waals surface area contributed by atoms with Gasteiger partial charge in [0, 0.05) is 5.41 Å². The molecule has 3 aliphatic carbocycles. The lowest BCUT2D eigenvalue weighted by Crippen LogP contribution is -2.49. The third kappa shape index (κ3) is 2.34. The summed E-state index contributed by atoms with van der Waals surface area (Å²) in [5, 5.41) is 21.3. The fourth-order valence-corrected chi connectivity index (χ4v) is 7.40. The van der Waals surface area contributed by atoms with Crippen molar-refractivity contribution in [3.05, 3.63) is 37.0 Å². The minimum Gasteiger partial charge on any atom is -0.507 e. The van der Waals surface area contributed by atoms with E-state index in [4.69, 9.17) is 0 Å². The quantitative estimate of drug-likeness (QED) is 0.452. The highest BCUT2D eigenvalue weighted by molar-refractivity contribution is 14.1. The van der Waals surface area contributed by atoms with Crippen LogP contribution in [0.3, 0.4) is 0 Å².